The normalized spacial score (nSPS) is 10.3. The third-order valence-electron chi connectivity index (χ3n) is 3.32. The number of nitrogens with zero attached hydrogens (tertiary/aromatic N) is 1. The number of carbonyl (C=O) groups excluding carboxylic acids is 1. The Morgan fingerprint density at radius 1 is 1.13 bits per heavy atom. The second-order valence-corrected chi connectivity index (χ2v) is 5.22. The Bertz CT molecular complexity index is 718. The van der Waals surface area contributed by atoms with Gasteiger partial charge in [0.25, 0.3) is 5.91 Å². The lowest BCUT2D eigenvalue weighted by Gasteiger charge is -2.13. The molecule has 122 valence electrons. The maximum absolute atomic E-state index is 13.7. The van der Waals surface area contributed by atoms with Crippen molar-refractivity contribution < 1.29 is 18.3 Å². The quantitative estimate of drug-likeness (QED) is 0.919. The van der Waals surface area contributed by atoms with Crippen molar-refractivity contribution in [2.24, 2.45) is 0 Å². The molecule has 2 aromatic rings. The van der Waals surface area contributed by atoms with Gasteiger partial charge in [-0.2, -0.15) is 0 Å². The van der Waals surface area contributed by atoms with Gasteiger partial charge in [-0.25, -0.2) is 8.78 Å². The molecule has 2 aromatic carbocycles. The van der Waals surface area contributed by atoms with E-state index in [1.807, 2.05) is 0 Å². The van der Waals surface area contributed by atoms with Crippen LogP contribution in [0.1, 0.15) is 15.9 Å². The van der Waals surface area contributed by atoms with E-state index in [-0.39, 0.29) is 11.3 Å². The Labute approximate surface area is 133 Å². The average molecular weight is 320 g/mol. The third-order valence-corrected chi connectivity index (χ3v) is 3.32. The summed E-state index contributed by atoms with van der Waals surface area (Å²) in [5.41, 5.74) is 1.27. The monoisotopic (exact) mass is 320 g/mol. The number of halogens is 2. The van der Waals surface area contributed by atoms with Gasteiger partial charge in [-0.15, -0.1) is 0 Å². The van der Waals surface area contributed by atoms with Gasteiger partial charge in [0, 0.05) is 26.3 Å². The average Bonchev–Trinajstić information content (AvgIpc) is 2.53. The molecular weight excluding hydrogens is 302 g/mol. The standard InChI is InChI=1S/C17H18F2N2O2/c1-21(2)17(22)13-9-12(5-6-14(13)18)20-10-11-4-7-16(23-3)15(19)8-11/h4-9,20H,10H2,1-3H3. The van der Waals surface area contributed by atoms with Gasteiger partial charge >= 0.3 is 0 Å². The van der Waals surface area contributed by atoms with E-state index in [9.17, 15) is 13.6 Å². The molecule has 0 saturated heterocycles. The molecule has 0 aliphatic heterocycles. The van der Waals surface area contributed by atoms with Gasteiger partial charge in [0.2, 0.25) is 0 Å². The van der Waals surface area contributed by atoms with E-state index in [0.717, 1.165) is 0 Å². The topological polar surface area (TPSA) is 41.6 Å². The number of benzene rings is 2. The Hall–Kier alpha value is -2.63. The van der Waals surface area contributed by atoms with Crippen molar-refractivity contribution in [2.45, 2.75) is 6.54 Å². The van der Waals surface area contributed by atoms with Gasteiger partial charge in [-0.05, 0) is 35.9 Å². The summed E-state index contributed by atoms with van der Waals surface area (Å²) >= 11 is 0. The summed E-state index contributed by atoms with van der Waals surface area (Å²) in [5, 5.41) is 3.04. The maximum Gasteiger partial charge on any atom is 0.256 e. The lowest BCUT2D eigenvalue weighted by atomic mass is 10.1. The fourth-order valence-electron chi connectivity index (χ4n) is 2.06. The molecular formula is C17H18F2N2O2. The van der Waals surface area contributed by atoms with E-state index in [1.54, 1.807) is 20.2 Å². The van der Waals surface area contributed by atoms with Crippen molar-refractivity contribution in [3.63, 3.8) is 0 Å². The van der Waals surface area contributed by atoms with Gasteiger partial charge in [0.1, 0.15) is 5.82 Å². The number of anilines is 1. The summed E-state index contributed by atoms with van der Waals surface area (Å²) in [6, 6.07) is 8.83. The van der Waals surface area contributed by atoms with Crippen LogP contribution in [0.25, 0.3) is 0 Å². The number of amides is 1. The molecule has 0 aliphatic rings. The summed E-state index contributed by atoms with van der Waals surface area (Å²) in [5.74, 6) is -1.27. The molecule has 0 fully saturated rings. The van der Waals surface area contributed by atoms with Gasteiger partial charge in [-0.3, -0.25) is 4.79 Å². The van der Waals surface area contributed by atoms with Crippen LogP contribution in [0.3, 0.4) is 0 Å². The van der Waals surface area contributed by atoms with Crippen molar-refractivity contribution in [2.75, 3.05) is 26.5 Å². The molecule has 0 aliphatic carbocycles. The van der Waals surface area contributed by atoms with E-state index in [2.05, 4.69) is 5.32 Å². The third kappa shape index (κ3) is 3.97. The number of hydrogen-bond donors (Lipinski definition) is 1. The fraction of sp³-hybridized carbons (Fsp3) is 0.235. The van der Waals surface area contributed by atoms with Crippen molar-refractivity contribution in [1.29, 1.82) is 0 Å². The Balaban J connectivity index is 2.13. The molecule has 0 atom stereocenters. The first-order valence-corrected chi connectivity index (χ1v) is 7.00. The zero-order valence-corrected chi connectivity index (χ0v) is 13.2. The SMILES string of the molecule is COc1ccc(CNc2ccc(F)c(C(=O)N(C)C)c2)cc1F. The summed E-state index contributed by atoms with van der Waals surface area (Å²) in [6.45, 7) is 0.335. The van der Waals surface area contributed by atoms with Gasteiger partial charge in [-0.1, -0.05) is 6.07 Å². The number of rotatable bonds is 5. The van der Waals surface area contributed by atoms with E-state index in [0.29, 0.717) is 17.8 Å². The lowest BCUT2D eigenvalue weighted by Crippen LogP contribution is -2.23. The van der Waals surface area contributed by atoms with Gasteiger partial charge < -0.3 is 15.0 Å². The lowest BCUT2D eigenvalue weighted by molar-refractivity contribution is 0.0823. The smallest absolute Gasteiger partial charge is 0.256 e. The van der Waals surface area contributed by atoms with Crippen LogP contribution in [0.15, 0.2) is 36.4 Å². The van der Waals surface area contributed by atoms with Crippen LogP contribution in [-0.4, -0.2) is 32.0 Å². The maximum atomic E-state index is 13.7. The highest BCUT2D eigenvalue weighted by molar-refractivity contribution is 5.95. The molecule has 6 heteroatoms. The first kappa shape index (κ1) is 16.7. The van der Waals surface area contributed by atoms with Crippen molar-refractivity contribution >= 4 is 11.6 Å². The Morgan fingerprint density at radius 3 is 2.48 bits per heavy atom. The highest BCUT2D eigenvalue weighted by Gasteiger charge is 2.14. The number of nitrogens with one attached hydrogen (secondary N) is 1. The molecule has 1 amide bonds. The second kappa shape index (κ2) is 7.09. The Morgan fingerprint density at radius 2 is 1.87 bits per heavy atom. The molecule has 0 unspecified atom stereocenters. The molecule has 0 aromatic heterocycles. The van der Waals surface area contributed by atoms with Crippen LogP contribution < -0.4 is 10.1 Å². The van der Waals surface area contributed by atoms with Crippen molar-refractivity contribution in [1.82, 2.24) is 4.90 Å². The molecule has 0 radical (unpaired) electrons. The molecule has 0 spiro atoms. The molecule has 2 rings (SSSR count). The highest BCUT2D eigenvalue weighted by Crippen LogP contribution is 2.20. The van der Waals surface area contributed by atoms with E-state index in [1.165, 1.54) is 42.3 Å². The second-order valence-electron chi connectivity index (χ2n) is 5.22. The van der Waals surface area contributed by atoms with Crippen LogP contribution in [0.5, 0.6) is 5.75 Å². The fourth-order valence-corrected chi connectivity index (χ4v) is 2.06. The van der Waals surface area contributed by atoms with Crippen LogP contribution in [0.2, 0.25) is 0 Å². The summed E-state index contributed by atoms with van der Waals surface area (Å²) in [6.07, 6.45) is 0. The minimum atomic E-state index is -0.579. The van der Waals surface area contributed by atoms with E-state index in [4.69, 9.17) is 4.74 Å². The van der Waals surface area contributed by atoms with Crippen LogP contribution in [0.4, 0.5) is 14.5 Å². The molecule has 0 bridgehead atoms. The molecule has 0 heterocycles. The Kier molecular flexibility index (Phi) is 5.16. The molecule has 0 saturated carbocycles. The van der Waals surface area contributed by atoms with Gasteiger partial charge in [0.15, 0.2) is 11.6 Å². The summed E-state index contributed by atoms with van der Waals surface area (Å²) in [7, 11) is 4.52. The van der Waals surface area contributed by atoms with Gasteiger partial charge in [0.05, 0.1) is 12.7 Å². The minimum absolute atomic E-state index is 0.0130. The molecule has 1 N–H and O–H groups in total. The van der Waals surface area contributed by atoms with Crippen LogP contribution in [-0.2, 0) is 6.54 Å². The van der Waals surface area contributed by atoms with Crippen LogP contribution >= 0.6 is 0 Å². The number of ether oxygens (including phenoxy) is 1. The predicted molar refractivity (Wildman–Crippen MR) is 84.7 cm³/mol. The zero-order chi connectivity index (χ0) is 17.0. The van der Waals surface area contributed by atoms with E-state index >= 15 is 0 Å². The predicted octanol–water partition coefficient (Wildman–Crippen LogP) is 3.29. The number of hydrogen-bond acceptors (Lipinski definition) is 3. The van der Waals surface area contributed by atoms with Crippen LogP contribution in [0, 0.1) is 11.6 Å². The largest absolute Gasteiger partial charge is 0.494 e. The zero-order valence-electron chi connectivity index (χ0n) is 13.2. The summed E-state index contributed by atoms with van der Waals surface area (Å²) < 4.78 is 32.2. The molecule has 4 nitrogen and oxygen atoms in total. The first-order chi connectivity index (χ1) is 10.9. The van der Waals surface area contributed by atoms with Crippen molar-refractivity contribution in [3.05, 3.63) is 59.2 Å². The first-order valence-electron chi connectivity index (χ1n) is 7.00. The minimum Gasteiger partial charge on any atom is -0.494 e. The highest BCUT2D eigenvalue weighted by atomic mass is 19.1. The summed E-state index contributed by atoms with van der Waals surface area (Å²) in [4.78, 5) is 13.2. The number of methoxy groups -OCH3 is 1. The molecule has 23 heavy (non-hydrogen) atoms. The number of carbonyl (C=O) groups is 1. The van der Waals surface area contributed by atoms with E-state index < -0.39 is 17.5 Å². The van der Waals surface area contributed by atoms with Crippen molar-refractivity contribution in [3.8, 4) is 5.75 Å².